The Bertz CT molecular complexity index is 379. The Hall–Kier alpha value is -1.20. The summed E-state index contributed by atoms with van der Waals surface area (Å²) in [5, 5.41) is 0. The summed E-state index contributed by atoms with van der Waals surface area (Å²) in [5.74, 6) is 0.954. The highest BCUT2D eigenvalue weighted by molar-refractivity contribution is 7.80. The topological polar surface area (TPSA) is 51.4 Å². The van der Waals surface area contributed by atoms with Crippen LogP contribution in [-0.4, -0.2) is 35.8 Å². The van der Waals surface area contributed by atoms with Gasteiger partial charge in [-0.25, -0.2) is 4.98 Å². The maximum absolute atomic E-state index is 5.53. The summed E-state index contributed by atoms with van der Waals surface area (Å²) in [7, 11) is 0. The van der Waals surface area contributed by atoms with Gasteiger partial charge in [0.2, 0.25) is 0 Å². The van der Waals surface area contributed by atoms with Crippen molar-refractivity contribution in [2.75, 3.05) is 24.7 Å². The van der Waals surface area contributed by atoms with Gasteiger partial charge in [-0.3, -0.25) is 0 Å². The summed E-state index contributed by atoms with van der Waals surface area (Å²) in [5.41, 5.74) is 6.33. The molecule has 1 aliphatic heterocycles. The monoisotopic (exact) mass is 237 g/mol. The minimum Gasteiger partial charge on any atom is -0.389 e. The van der Waals surface area contributed by atoms with Crippen LogP contribution in [-0.2, 0) is 4.74 Å². The highest BCUT2D eigenvalue weighted by Gasteiger charge is 2.19. The molecule has 2 rings (SSSR count). The molecular formula is C11H15N3OS. The van der Waals surface area contributed by atoms with Crippen LogP contribution in [0.3, 0.4) is 0 Å². The normalized spacial score (nSPS) is 20.8. The number of anilines is 1. The fourth-order valence-corrected chi connectivity index (χ4v) is 1.89. The maximum Gasteiger partial charge on any atom is 0.128 e. The average molecular weight is 237 g/mol. The molecule has 5 heteroatoms. The summed E-state index contributed by atoms with van der Waals surface area (Å²) in [6, 6.07) is 4.22. The maximum atomic E-state index is 5.53. The molecule has 0 aromatic carbocycles. The third kappa shape index (κ3) is 2.31. The molecule has 1 saturated heterocycles. The number of rotatable bonds is 2. The highest BCUT2D eigenvalue weighted by Crippen LogP contribution is 2.17. The fraction of sp³-hybridized carbons (Fsp3) is 0.455. The van der Waals surface area contributed by atoms with Gasteiger partial charge in [0.05, 0.1) is 19.3 Å². The molecule has 0 bridgehead atoms. The highest BCUT2D eigenvalue weighted by atomic mass is 32.1. The molecule has 86 valence electrons. The zero-order valence-corrected chi connectivity index (χ0v) is 10.0. The second-order valence-corrected chi connectivity index (χ2v) is 4.33. The molecule has 0 radical (unpaired) electrons. The Morgan fingerprint density at radius 2 is 2.44 bits per heavy atom. The summed E-state index contributed by atoms with van der Waals surface area (Å²) in [6.07, 6.45) is 1.72. The first-order chi connectivity index (χ1) is 7.68. The van der Waals surface area contributed by atoms with E-state index in [4.69, 9.17) is 22.7 Å². The molecule has 4 nitrogen and oxygen atoms in total. The number of thiocarbonyl (C=S) groups is 1. The lowest BCUT2D eigenvalue weighted by Gasteiger charge is -2.34. The Morgan fingerprint density at radius 3 is 3.00 bits per heavy atom. The third-order valence-electron chi connectivity index (χ3n) is 2.69. The van der Waals surface area contributed by atoms with E-state index in [1.54, 1.807) is 6.20 Å². The molecule has 1 atom stereocenters. The second-order valence-electron chi connectivity index (χ2n) is 3.89. The predicted octanol–water partition coefficient (Wildman–Crippen LogP) is 0.941. The first kappa shape index (κ1) is 11.3. The van der Waals surface area contributed by atoms with Crippen molar-refractivity contribution in [2.24, 2.45) is 5.73 Å². The van der Waals surface area contributed by atoms with Crippen LogP contribution in [0.4, 0.5) is 5.82 Å². The molecule has 0 spiro atoms. The number of aromatic nitrogens is 1. The largest absolute Gasteiger partial charge is 0.389 e. The zero-order valence-electron chi connectivity index (χ0n) is 9.22. The molecule has 1 aliphatic rings. The van der Waals surface area contributed by atoms with Gasteiger partial charge in [-0.05, 0) is 19.1 Å². The quantitative estimate of drug-likeness (QED) is 0.776. The van der Waals surface area contributed by atoms with Crippen LogP contribution in [0.25, 0.3) is 0 Å². The van der Waals surface area contributed by atoms with E-state index >= 15 is 0 Å². The van der Waals surface area contributed by atoms with Gasteiger partial charge in [-0.1, -0.05) is 12.2 Å². The van der Waals surface area contributed by atoms with Crippen molar-refractivity contribution in [3.05, 3.63) is 23.9 Å². The van der Waals surface area contributed by atoms with Crippen molar-refractivity contribution in [3.8, 4) is 0 Å². The Labute approximate surface area is 100 Å². The zero-order chi connectivity index (χ0) is 11.5. The van der Waals surface area contributed by atoms with Gasteiger partial charge in [0.15, 0.2) is 0 Å². The minimum absolute atomic E-state index is 0.358. The Morgan fingerprint density at radius 1 is 1.62 bits per heavy atom. The molecule has 1 aromatic heterocycles. The molecule has 2 heterocycles. The first-order valence-electron chi connectivity index (χ1n) is 5.28. The Balaban J connectivity index is 2.17. The van der Waals surface area contributed by atoms with Gasteiger partial charge in [-0.15, -0.1) is 0 Å². The van der Waals surface area contributed by atoms with E-state index in [-0.39, 0.29) is 0 Å². The fourth-order valence-electron chi connectivity index (χ4n) is 1.77. The van der Waals surface area contributed by atoms with E-state index < -0.39 is 0 Å². The summed E-state index contributed by atoms with van der Waals surface area (Å²) < 4.78 is 5.39. The number of nitrogens with two attached hydrogens (primary N) is 1. The van der Waals surface area contributed by atoms with Gasteiger partial charge in [-0.2, -0.15) is 0 Å². The van der Waals surface area contributed by atoms with Crippen molar-refractivity contribution < 1.29 is 4.74 Å². The number of nitrogens with zero attached hydrogens (tertiary/aromatic N) is 2. The first-order valence-corrected chi connectivity index (χ1v) is 5.69. The van der Waals surface area contributed by atoms with E-state index in [0.717, 1.165) is 31.1 Å². The van der Waals surface area contributed by atoms with Crippen LogP contribution in [0.5, 0.6) is 0 Å². The number of hydrogen-bond donors (Lipinski definition) is 1. The molecule has 16 heavy (non-hydrogen) atoms. The van der Waals surface area contributed by atoms with Crippen LogP contribution in [0.15, 0.2) is 18.3 Å². The van der Waals surface area contributed by atoms with Gasteiger partial charge in [0.25, 0.3) is 0 Å². The molecule has 0 amide bonds. The number of ether oxygens (including phenoxy) is 1. The van der Waals surface area contributed by atoms with E-state index in [0.29, 0.717) is 11.0 Å². The van der Waals surface area contributed by atoms with Crippen LogP contribution in [0.2, 0.25) is 0 Å². The molecule has 1 unspecified atom stereocenters. The van der Waals surface area contributed by atoms with Gasteiger partial charge in [0.1, 0.15) is 10.8 Å². The summed E-state index contributed by atoms with van der Waals surface area (Å²) in [4.78, 5) is 6.99. The molecule has 0 aliphatic carbocycles. The minimum atomic E-state index is 0.358. The lowest BCUT2D eigenvalue weighted by molar-refractivity contribution is 0.0985. The SMILES string of the molecule is CC1COCCN1c1ccc(C(N)=S)cn1. The third-order valence-corrected chi connectivity index (χ3v) is 2.93. The van der Waals surface area contributed by atoms with Crippen molar-refractivity contribution in [1.29, 1.82) is 0 Å². The van der Waals surface area contributed by atoms with Gasteiger partial charge in [0, 0.05) is 18.3 Å². The average Bonchev–Trinajstić information content (AvgIpc) is 2.30. The molecule has 0 saturated carbocycles. The van der Waals surface area contributed by atoms with Crippen LogP contribution in [0, 0.1) is 0 Å². The van der Waals surface area contributed by atoms with Crippen LogP contribution >= 0.6 is 12.2 Å². The summed E-state index contributed by atoms with van der Waals surface area (Å²) >= 11 is 4.89. The molecular weight excluding hydrogens is 222 g/mol. The molecule has 2 N–H and O–H groups in total. The standard InChI is InChI=1S/C11H15N3OS/c1-8-7-15-5-4-14(8)10-3-2-9(6-13-10)11(12)16/h2-3,6,8H,4-5,7H2,1H3,(H2,12,16). The van der Waals surface area contributed by atoms with Crippen molar-refractivity contribution in [2.45, 2.75) is 13.0 Å². The van der Waals surface area contributed by atoms with Gasteiger partial charge < -0.3 is 15.4 Å². The van der Waals surface area contributed by atoms with Crippen LogP contribution < -0.4 is 10.6 Å². The van der Waals surface area contributed by atoms with Crippen LogP contribution in [0.1, 0.15) is 12.5 Å². The van der Waals surface area contributed by atoms with Crippen molar-refractivity contribution in [3.63, 3.8) is 0 Å². The van der Waals surface area contributed by atoms with E-state index in [1.165, 1.54) is 0 Å². The summed E-state index contributed by atoms with van der Waals surface area (Å²) in [6.45, 7) is 4.50. The van der Waals surface area contributed by atoms with Crippen molar-refractivity contribution in [1.82, 2.24) is 4.98 Å². The molecule has 1 fully saturated rings. The number of hydrogen-bond acceptors (Lipinski definition) is 4. The van der Waals surface area contributed by atoms with E-state index in [2.05, 4.69) is 16.8 Å². The molecule has 1 aromatic rings. The number of pyridine rings is 1. The second kappa shape index (κ2) is 4.76. The Kier molecular flexibility index (Phi) is 3.36. The smallest absolute Gasteiger partial charge is 0.128 e. The van der Waals surface area contributed by atoms with E-state index in [1.807, 2.05) is 12.1 Å². The predicted molar refractivity (Wildman–Crippen MR) is 67.8 cm³/mol. The number of morpholine rings is 1. The lowest BCUT2D eigenvalue weighted by atomic mass is 10.2. The lowest BCUT2D eigenvalue weighted by Crippen LogP contribution is -2.44. The van der Waals surface area contributed by atoms with E-state index in [9.17, 15) is 0 Å². The van der Waals surface area contributed by atoms with Gasteiger partial charge >= 0.3 is 0 Å². The van der Waals surface area contributed by atoms with Crippen molar-refractivity contribution >= 4 is 23.0 Å².